The molecule has 142 valence electrons. The van der Waals surface area contributed by atoms with Gasteiger partial charge in [0.1, 0.15) is 0 Å². The van der Waals surface area contributed by atoms with Crippen LogP contribution in [0, 0.1) is 10.8 Å². The third-order valence-electron chi connectivity index (χ3n) is 5.96. The number of ether oxygens (including phenoxy) is 1. The fourth-order valence-corrected chi connectivity index (χ4v) is 4.45. The van der Waals surface area contributed by atoms with Crippen LogP contribution in [-0.4, -0.2) is 36.7 Å². The number of hydrogen-bond donors (Lipinski definition) is 2. The van der Waals surface area contributed by atoms with Crippen LogP contribution < -0.4 is 5.32 Å². The summed E-state index contributed by atoms with van der Waals surface area (Å²) >= 11 is 6.09. The van der Waals surface area contributed by atoms with Crippen molar-refractivity contribution in [2.75, 3.05) is 19.8 Å². The average Bonchev–Trinajstić information content (AvgIpc) is 3.10. The Morgan fingerprint density at radius 3 is 2.42 bits per heavy atom. The number of hydrogen-bond acceptors (Lipinski definition) is 3. The summed E-state index contributed by atoms with van der Waals surface area (Å²) in [5.74, 6) is -0.876. The van der Waals surface area contributed by atoms with Crippen molar-refractivity contribution in [1.82, 2.24) is 5.32 Å². The molecule has 0 bridgehead atoms. The van der Waals surface area contributed by atoms with Crippen molar-refractivity contribution < 1.29 is 19.4 Å². The third-order valence-corrected chi connectivity index (χ3v) is 6.20. The normalized spacial score (nSPS) is 21.3. The SMILES string of the molecule is O=C(O)C1(CNC(=O)C2(Cc3cccc(Cl)c3)CCCC2)CCOCC1. The Morgan fingerprint density at radius 2 is 1.81 bits per heavy atom. The molecule has 1 saturated carbocycles. The van der Waals surface area contributed by atoms with Crippen molar-refractivity contribution in [2.45, 2.75) is 44.9 Å². The minimum atomic E-state index is -0.913. The van der Waals surface area contributed by atoms with Crippen molar-refractivity contribution in [3.8, 4) is 0 Å². The first-order valence-electron chi connectivity index (χ1n) is 9.30. The predicted octanol–water partition coefficient (Wildman–Crippen LogP) is 3.44. The summed E-state index contributed by atoms with van der Waals surface area (Å²) in [6, 6.07) is 7.64. The number of carboxylic acids is 1. The lowest BCUT2D eigenvalue weighted by Crippen LogP contribution is -2.50. The highest BCUT2D eigenvalue weighted by atomic mass is 35.5. The highest BCUT2D eigenvalue weighted by Gasteiger charge is 2.44. The van der Waals surface area contributed by atoms with E-state index in [0.29, 0.717) is 37.5 Å². The second kappa shape index (κ2) is 7.97. The van der Waals surface area contributed by atoms with E-state index in [9.17, 15) is 14.7 Å². The van der Waals surface area contributed by atoms with Crippen LogP contribution >= 0.6 is 11.6 Å². The molecule has 2 fully saturated rings. The van der Waals surface area contributed by atoms with Crippen molar-refractivity contribution in [2.24, 2.45) is 10.8 Å². The van der Waals surface area contributed by atoms with Crippen LogP contribution in [0.5, 0.6) is 0 Å². The maximum atomic E-state index is 13.1. The van der Waals surface area contributed by atoms with Crippen LogP contribution in [0.15, 0.2) is 24.3 Å². The number of nitrogens with one attached hydrogen (secondary N) is 1. The largest absolute Gasteiger partial charge is 0.481 e. The summed E-state index contributed by atoms with van der Waals surface area (Å²) in [5, 5.41) is 13.3. The Bertz CT molecular complexity index is 664. The molecule has 1 amide bonds. The quantitative estimate of drug-likeness (QED) is 0.793. The highest BCUT2D eigenvalue weighted by molar-refractivity contribution is 6.30. The molecular weight excluding hydrogens is 354 g/mol. The molecule has 1 aliphatic carbocycles. The molecule has 0 atom stereocenters. The zero-order chi connectivity index (χ0) is 18.6. The molecule has 26 heavy (non-hydrogen) atoms. The summed E-state index contributed by atoms with van der Waals surface area (Å²) in [7, 11) is 0. The topological polar surface area (TPSA) is 75.6 Å². The summed E-state index contributed by atoms with van der Waals surface area (Å²) in [4.78, 5) is 24.9. The molecule has 0 radical (unpaired) electrons. The summed E-state index contributed by atoms with van der Waals surface area (Å²) in [5.41, 5.74) is -0.326. The van der Waals surface area contributed by atoms with Gasteiger partial charge in [-0.25, -0.2) is 0 Å². The number of aliphatic carboxylic acids is 1. The van der Waals surface area contributed by atoms with E-state index in [1.165, 1.54) is 0 Å². The minimum Gasteiger partial charge on any atom is -0.481 e. The molecular formula is C20H26ClNO4. The molecule has 5 nitrogen and oxygen atoms in total. The molecule has 6 heteroatoms. The molecule has 3 rings (SSSR count). The standard InChI is InChI=1S/C20H26ClNO4/c21-16-5-3-4-15(12-16)13-19(6-1-2-7-19)17(23)22-14-20(18(24)25)8-10-26-11-9-20/h3-5,12H,1-2,6-11,13-14H2,(H,22,23)(H,24,25). The Balaban J connectivity index is 1.71. The van der Waals surface area contributed by atoms with E-state index >= 15 is 0 Å². The molecule has 1 saturated heterocycles. The number of carbonyl (C=O) groups is 2. The first-order chi connectivity index (χ1) is 12.5. The van der Waals surface area contributed by atoms with E-state index in [1.54, 1.807) is 0 Å². The number of carbonyl (C=O) groups excluding carboxylic acids is 1. The highest BCUT2D eigenvalue weighted by Crippen LogP contribution is 2.42. The van der Waals surface area contributed by atoms with Gasteiger partial charge in [-0.1, -0.05) is 36.6 Å². The Morgan fingerprint density at radius 1 is 1.12 bits per heavy atom. The van der Waals surface area contributed by atoms with E-state index in [4.69, 9.17) is 16.3 Å². The molecule has 0 aromatic heterocycles. The van der Waals surface area contributed by atoms with Gasteiger partial charge in [0.25, 0.3) is 0 Å². The van der Waals surface area contributed by atoms with Crippen molar-refractivity contribution in [3.05, 3.63) is 34.9 Å². The van der Waals surface area contributed by atoms with E-state index < -0.39 is 16.8 Å². The first-order valence-corrected chi connectivity index (χ1v) is 9.68. The zero-order valence-electron chi connectivity index (χ0n) is 14.9. The van der Waals surface area contributed by atoms with Crippen LogP contribution in [-0.2, 0) is 20.7 Å². The molecule has 0 spiro atoms. The Kier molecular flexibility index (Phi) is 5.88. The molecule has 1 aliphatic heterocycles. The van der Waals surface area contributed by atoms with E-state index in [-0.39, 0.29) is 12.5 Å². The third kappa shape index (κ3) is 4.04. The molecule has 2 N–H and O–H groups in total. The molecule has 1 aromatic carbocycles. The lowest BCUT2D eigenvalue weighted by atomic mass is 9.77. The van der Waals surface area contributed by atoms with Gasteiger partial charge in [-0.3, -0.25) is 9.59 Å². The number of benzene rings is 1. The van der Waals surface area contributed by atoms with Gasteiger partial charge in [0.2, 0.25) is 5.91 Å². The van der Waals surface area contributed by atoms with Crippen LogP contribution in [0.2, 0.25) is 5.02 Å². The van der Waals surface area contributed by atoms with E-state index in [1.807, 2.05) is 24.3 Å². The molecule has 1 heterocycles. The van der Waals surface area contributed by atoms with Crippen LogP contribution in [0.25, 0.3) is 0 Å². The smallest absolute Gasteiger partial charge is 0.311 e. The van der Waals surface area contributed by atoms with Gasteiger partial charge in [0.05, 0.1) is 10.8 Å². The number of halogens is 1. The van der Waals surface area contributed by atoms with Crippen molar-refractivity contribution in [1.29, 1.82) is 0 Å². The summed E-state index contributed by atoms with van der Waals surface area (Å²) < 4.78 is 5.30. The van der Waals surface area contributed by atoms with Gasteiger partial charge in [0.15, 0.2) is 0 Å². The van der Waals surface area contributed by atoms with Crippen LogP contribution in [0.1, 0.15) is 44.1 Å². The van der Waals surface area contributed by atoms with Gasteiger partial charge in [-0.15, -0.1) is 0 Å². The Labute approximate surface area is 159 Å². The van der Waals surface area contributed by atoms with Crippen molar-refractivity contribution in [3.63, 3.8) is 0 Å². The van der Waals surface area contributed by atoms with Crippen LogP contribution in [0.4, 0.5) is 0 Å². The second-order valence-corrected chi connectivity index (χ2v) is 8.11. The van der Waals surface area contributed by atoms with E-state index in [0.717, 1.165) is 31.2 Å². The summed E-state index contributed by atoms with van der Waals surface area (Å²) in [6.45, 7) is 1.02. The minimum absolute atomic E-state index is 0.0258. The maximum absolute atomic E-state index is 13.1. The average molecular weight is 380 g/mol. The van der Waals surface area contributed by atoms with Crippen molar-refractivity contribution >= 4 is 23.5 Å². The number of rotatable bonds is 6. The lowest BCUT2D eigenvalue weighted by Gasteiger charge is -2.35. The Hall–Kier alpha value is -1.59. The van der Waals surface area contributed by atoms with Crippen LogP contribution in [0.3, 0.4) is 0 Å². The van der Waals surface area contributed by atoms with Gasteiger partial charge in [-0.05, 0) is 49.8 Å². The molecule has 0 unspecified atom stereocenters. The fourth-order valence-electron chi connectivity index (χ4n) is 4.24. The predicted molar refractivity (Wildman–Crippen MR) is 99.2 cm³/mol. The van der Waals surface area contributed by atoms with E-state index in [2.05, 4.69) is 5.32 Å². The van der Waals surface area contributed by atoms with Gasteiger partial charge < -0.3 is 15.2 Å². The fraction of sp³-hybridized carbons (Fsp3) is 0.600. The van der Waals surface area contributed by atoms with Gasteiger partial charge in [-0.2, -0.15) is 0 Å². The monoisotopic (exact) mass is 379 g/mol. The van der Waals surface area contributed by atoms with Gasteiger partial charge >= 0.3 is 5.97 Å². The zero-order valence-corrected chi connectivity index (χ0v) is 15.7. The summed E-state index contributed by atoms with van der Waals surface area (Å²) in [6.07, 6.45) is 5.21. The number of amides is 1. The van der Waals surface area contributed by atoms with Gasteiger partial charge in [0, 0.05) is 24.8 Å². The maximum Gasteiger partial charge on any atom is 0.311 e. The molecule has 2 aliphatic rings. The second-order valence-electron chi connectivity index (χ2n) is 7.67. The first kappa shape index (κ1) is 19.2. The molecule has 1 aromatic rings. The lowest BCUT2D eigenvalue weighted by molar-refractivity contribution is -0.155. The number of carboxylic acid groups (broad SMARTS) is 1.